The molecular weight excluding hydrogens is 352 g/mol. The molecule has 144 valence electrons. The summed E-state index contributed by atoms with van der Waals surface area (Å²) in [4.78, 5) is 0. The number of benzene rings is 4. The van der Waals surface area contributed by atoms with E-state index in [4.69, 9.17) is 4.74 Å². The molecule has 0 aromatic heterocycles. The molecule has 4 rings (SSSR count). The van der Waals surface area contributed by atoms with E-state index in [1.54, 1.807) is 0 Å². The zero-order valence-electron chi connectivity index (χ0n) is 17.0. The van der Waals surface area contributed by atoms with Gasteiger partial charge in [0.1, 0.15) is 11.5 Å². The van der Waals surface area contributed by atoms with Gasteiger partial charge in [0.05, 0.1) is 0 Å². The van der Waals surface area contributed by atoms with Crippen LogP contribution in [0.15, 0.2) is 109 Å². The molecule has 29 heavy (non-hydrogen) atoms. The quantitative estimate of drug-likeness (QED) is 0.333. The van der Waals surface area contributed by atoms with Crippen molar-refractivity contribution in [2.45, 2.75) is 25.7 Å². The van der Waals surface area contributed by atoms with Crippen LogP contribution in [0.5, 0.6) is 11.5 Å². The van der Waals surface area contributed by atoms with Crippen LogP contribution in [-0.4, -0.2) is 0 Å². The Morgan fingerprint density at radius 2 is 0.793 bits per heavy atom. The molecule has 0 aliphatic heterocycles. The van der Waals surface area contributed by atoms with Gasteiger partial charge in [0.15, 0.2) is 0 Å². The van der Waals surface area contributed by atoms with Crippen molar-refractivity contribution in [3.8, 4) is 11.5 Å². The maximum atomic E-state index is 6.53. The number of ether oxygens (including phenoxy) is 1. The lowest BCUT2D eigenvalue weighted by Gasteiger charge is -2.21. The largest absolute Gasteiger partial charge is 0.457 e. The Hall–Kier alpha value is -3.32. The summed E-state index contributed by atoms with van der Waals surface area (Å²) in [6.45, 7) is 4.46. The van der Waals surface area contributed by atoms with Gasteiger partial charge in [-0.05, 0) is 23.3 Å². The number of hydrogen-bond donors (Lipinski definition) is 0. The molecule has 0 radical (unpaired) electrons. The summed E-state index contributed by atoms with van der Waals surface area (Å²) >= 11 is 0. The fourth-order valence-corrected chi connectivity index (χ4v) is 3.82. The first kappa shape index (κ1) is 19.0. The maximum Gasteiger partial charge on any atom is 0.131 e. The highest BCUT2D eigenvalue weighted by molar-refractivity contribution is 5.47. The average molecular weight is 379 g/mol. The molecule has 0 bridgehead atoms. The number of para-hydroxylation sites is 2. The predicted octanol–water partition coefficient (Wildman–Crippen LogP) is 7.78. The monoisotopic (exact) mass is 378 g/mol. The molecule has 2 unspecified atom stereocenters. The standard InChI is InChI=1S/C28H26O/c1-21(23-13-5-3-6-14-23)25-17-9-11-19-27(25)29-28-20-12-10-18-26(28)22(2)24-15-7-4-8-16-24/h3-22H,1-2H3. The van der Waals surface area contributed by atoms with Gasteiger partial charge in [-0.15, -0.1) is 0 Å². The van der Waals surface area contributed by atoms with E-state index in [-0.39, 0.29) is 11.8 Å². The van der Waals surface area contributed by atoms with Crippen LogP contribution in [0.1, 0.15) is 47.9 Å². The molecule has 0 saturated heterocycles. The van der Waals surface area contributed by atoms with Crippen LogP contribution >= 0.6 is 0 Å². The Morgan fingerprint density at radius 1 is 0.448 bits per heavy atom. The summed E-state index contributed by atoms with van der Waals surface area (Å²) in [6.07, 6.45) is 0. The summed E-state index contributed by atoms with van der Waals surface area (Å²) in [5, 5.41) is 0. The van der Waals surface area contributed by atoms with Crippen LogP contribution in [0.4, 0.5) is 0 Å². The number of hydrogen-bond acceptors (Lipinski definition) is 1. The summed E-state index contributed by atoms with van der Waals surface area (Å²) in [6, 6.07) is 37.9. The topological polar surface area (TPSA) is 9.23 Å². The average Bonchev–Trinajstić information content (AvgIpc) is 2.80. The van der Waals surface area contributed by atoms with Crippen molar-refractivity contribution in [2.75, 3.05) is 0 Å². The highest BCUT2D eigenvalue weighted by Crippen LogP contribution is 2.38. The van der Waals surface area contributed by atoms with E-state index in [0.717, 1.165) is 11.5 Å². The minimum absolute atomic E-state index is 0.256. The summed E-state index contributed by atoms with van der Waals surface area (Å²) in [5.41, 5.74) is 4.96. The molecule has 2 atom stereocenters. The normalized spacial score (nSPS) is 12.9. The van der Waals surface area contributed by atoms with Crippen LogP contribution < -0.4 is 4.74 Å². The van der Waals surface area contributed by atoms with E-state index < -0.39 is 0 Å². The van der Waals surface area contributed by atoms with E-state index >= 15 is 0 Å². The molecular formula is C28H26O. The third-order valence-electron chi connectivity index (χ3n) is 5.59. The second-order valence-corrected chi connectivity index (χ2v) is 7.44. The molecule has 1 nitrogen and oxygen atoms in total. The predicted molar refractivity (Wildman–Crippen MR) is 121 cm³/mol. The van der Waals surface area contributed by atoms with Crippen molar-refractivity contribution in [1.29, 1.82) is 0 Å². The minimum Gasteiger partial charge on any atom is -0.457 e. The molecule has 1 heteroatoms. The van der Waals surface area contributed by atoms with Crippen molar-refractivity contribution >= 4 is 0 Å². The van der Waals surface area contributed by atoms with Crippen LogP contribution in [0, 0.1) is 0 Å². The first-order valence-electron chi connectivity index (χ1n) is 10.2. The fourth-order valence-electron chi connectivity index (χ4n) is 3.82. The van der Waals surface area contributed by atoms with Crippen LogP contribution in [-0.2, 0) is 0 Å². The molecule has 4 aromatic carbocycles. The Kier molecular flexibility index (Phi) is 5.76. The zero-order valence-corrected chi connectivity index (χ0v) is 17.0. The van der Waals surface area contributed by atoms with E-state index in [0.29, 0.717) is 0 Å². The lowest BCUT2D eigenvalue weighted by molar-refractivity contribution is 0.466. The minimum atomic E-state index is 0.256. The van der Waals surface area contributed by atoms with E-state index in [1.807, 2.05) is 12.1 Å². The molecule has 0 spiro atoms. The molecule has 0 saturated carbocycles. The first-order valence-corrected chi connectivity index (χ1v) is 10.2. The highest BCUT2D eigenvalue weighted by Gasteiger charge is 2.17. The lowest BCUT2D eigenvalue weighted by Crippen LogP contribution is -2.02. The van der Waals surface area contributed by atoms with Gasteiger partial charge in [-0.1, -0.05) is 111 Å². The second kappa shape index (κ2) is 8.79. The Bertz CT molecular complexity index is 967. The Balaban J connectivity index is 1.68. The third-order valence-corrected chi connectivity index (χ3v) is 5.59. The smallest absolute Gasteiger partial charge is 0.131 e. The lowest BCUT2D eigenvalue weighted by atomic mass is 9.91. The maximum absolute atomic E-state index is 6.53. The van der Waals surface area contributed by atoms with Crippen molar-refractivity contribution in [2.24, 2.45) is 0 Å². The van der Waals surface area contributed by atoms with Crippen LogP contribution in [0.25, 0.3) is 0 Å². The van der Waals surface area contributed by atoms with Gasteiger partial charge in [-0.3, -0.25) is 0 Å². The SMILES string of the molecule is CC(c1ccccc1)c1ccccc1Oc1ccccc1C(C)c1ccccc1. The Morgan fingerprint density at radius 3 is 1.21 bits per heavy atom. The molecule has 0 aliphatic carbocycles. The molecule has 0 aliphatic rings. The first-order chi connectivity index (χ1) is 14.2. The summed E-state index contributed by atoms with van der Waals surface area (Å²) < 4.78 is 6.53. The van der Waals surface area contributed by atoms with Crippen LogP contribution in [0.3, 0.4) is 0 Å². The molecule has 0 amide bonds. The van der Waals surface area contributed by atoms with Gasteiger partial charge in [-0.2, -0.15) is 0 Å². The van der Waals surface area contributed by atoms with Gasteiger partial charge in [0.25, 0.3) is 0 Å². The Labute approximate surface area is 173 Å². The summed E-state index contributed by atoms with van der Waals surface area (Å²) in [5.74, 6) is 2.34. The summed E-state index contributed by atoms with van der Waals surface area (Å²) in [7, 11) is 0. The van der Waals surface area contributed by atoms with Gasteiger partial charge in [0.2, 0.25) is 0 Å². The molecule has 0 fully saturated rings. The van der Waals surface area contributed by atoms with Gasteiger partial charge in [-0.25, -0.2) is 0 Å². The third kappa shape index (κ3) is 4.25. The van der Waals surface area contributed by atoms with E-state index in [2.05, 4.69) is 111 Å². The van der Waals surface area contributed by atoms with E-state index in [1.165, 1.54) is 22.3 Å². The van der Waals surface area contributed by atoms with Gasteiger partial charge < -0.3 is 4.74 Å². The van der Waals surface area contributed by atoms with Crippen molar-refractivity contribution in [1.82, 2.24) is 0 Å². The van der Waals surface area contributed by atoms with E-state index in [9.17, 15) is 0 Å². The van der Waals surface area contributed by atoms with Gasteiger partial charge >= 0.3 is 0 Å². The van der Waals surface area contributed by atoms with Crippen molar-refractivity contribution < 1.29 is 4.74 Å². The molecule has 0 N–H and O–H groups in total. The second-order valence-electron chi connectivity index (χ2n) is 7.44. The molecule has 0 heterocycles. The van der Waals surface area contributed by atoms with Crippen molar-refractivity contribution in [3.63, 3.8) is 0 Å². The number of rotatable bonds is 6. The zero-order chi connectivity index (χ0) is 20.1. The fraction of sp³-hybridized carbons (Fsp3) is 0.143. The molecule has 4 aromatic rings. The van der Waals surface area contributed by atoms with Crippen LogP contribution in [0.2, 0.25) is 0 Å². The van der Waals surface area contributed by atoms with Crippen molar-refractivity contribution in [3.05, 3.63) is 131 Å². The van der Waals surface area contributed by atoms with Gasteiger partial charge in [0, 0.05) is 23.0 Å². The highest BCUT2D eigenvalue weighted by atomic mass is 16.5.